The first-order valence-corrected chi connectivity index (χ1v) is 10.4. The van der Waals surface area contributed by atoms with Crippen molar-refractivity contribution in [3.63, 3.8) is 0 Å². The Morgan fingerprint density at radius 3 is 2.79 bits per heavy atom. The number of anilines is 2. The number of nitrogens with one attached hydrogen (secondary N) is 1. The second-order valence-corrected chi connectivity index (χ2v) is 8.19. The van der Waals surface area contributed by atoms with Gasteiger partial charge in [0.25, 0.3) is 5.91 Å². The third-order valence-corrected chi connectivity index (χ3v) is 6.06. The number of carbonyl (C=O) groups excluding carboxylic acids is 2. The highest BCUT2D eigenvalue weighted by molar-refractivity contribution is 7.14. The van der Waals surface area contributed by atoms with Gasteiger partial charge in [0.2, 0.25) is 5.91 Å². The largest absolute Gasteiger partial charge is 0.312 e. The third-order valence-electron chi connectivity index (χ3n) is 5.31. The lowest BCUT2D eigenvalue weighted by Crippen LogP contribution is -2.30. The minimum absolute atomic E-state index is 0.0118. The maximum absolute atomic E-state index is 13.8. The molecule has 2 aromatic carbocycles. The molecule has 0 radical (unpaired) electrons. The molecule has 1 aliphatic carbocycles. The molecule has 1 fully saturated rings. The van der Waals surface area contributed by atoms with Crippen molar-refractivity contribution in [1.29, 1.82) is 0 Å². The number of hydrogen-bond acceptors (Lipinski definition) is 4. The van der Waals surface area contributed by atoms with Crippen LogP contribution in [-0.2, 0) is 11.2 Å². The summed E-state index contributed by atoms with van der Waals surface area (Å²) in [7, 11) is 0. The maximum Gasteiger partial charge on any atom is 0.260 e. The number of amides is 2. The summed E-state index contributed by atoms with van der Waals surface area (Å²) in [5.41, 5.74) is 3.80. The predicted molar refractivity (Wildman–Crippen MR) is 111 cm³/mol. The van der Waals surface area contributed by atoms with Gasteiger partial charge in [0, 0.05) is 29.1 Å². The minimum atomic E-state index is -0.564. The molecule has 3 aromatic rings. The summed E-state index contributed by atoms with van der Waals surface area (Å²) < 4.78 is 13.8. The van der Waals surface area contributed by atoms with Gasteiger partial charge < -0.3 is 4.90 Å². The van der Waals surface area contributed by atoms with Gasteiger partial charge in [-0.15, -0.1) is 11.3 Å². The van der Waals surface area contributed by atoms with Crippen molar-refractivity contribution >= 4 is 34.0 Å². The van der Waals surface area contributed by atoms with Crippen molar-refractivity contribution < 1.29 is 14.0 Å². The molecule has 0 atom stereocenters. The van der Waals surface area contributed by atoms with E-state index in [0.717, 1.165) is 48.3 Å². The molecule has 2 amide bonds. The van der Waals surface area contributed by atoms with Crippen LogP contribution in [0.25, 0.3) is 11.3 Å². The zero-order valence-electron chi connectivity index (χ0n) is 15.5. The van der Waals surface area contributed by atoms with Gasteiger partial charge in [-0.05, 0) is 49.1 Å². The molecule has 0 unspecified atom stereocenters. The molecule has 1 aliphatic heterocycles. The van der Waals surface area contributed by atoms with Crippen LogP contribution in [-0.4, -0.2) is 23.3 Å². The van der Waals surface area contributed by atoms with Crippen molar-refractivity contribution in [2.24, 2.45) is 5.92 Å². The molecule has 2 heterocycles. The van der Waals surface area contributed by atoms with Crippen LogP contribution in [0.4, 0.5) is 15.2 Å². The van der Waals surface area contributed by atoms with Gasteiger partial charge in [-0.3, -0.25) is 14.9 Å². The second kappa shape index (κ2) is 7.08. The lowest BCUT2D eigenvalue weighted by Gasteiger charge is -2.17. The maximum atomic E-state index is 13.8. The Morgan fingerprint density at radius 2 is 2.00 bits per heavy atom. The number of benzene rings is 2. The normalized spacial score (nSPS) is 15.3. The first-order valence-electron chi connectivity index (χ1n) is 9.56. The van der Waals surface area contributed by atoms with E-state index in [1.54, 1.807) is 12.1 Å². The van der Waals surface area contributed by atoms with E-state index in [-0.39, 0.29) is 17.4 Å². The average Bonchev–Trinajstić information content (AvgIpc) is 3.33. The van der Waals surface area contributed by atoms with Gasteiger partial charge in [-0.1, -0.05) is 18.2 Å². The number of hydrogen-bond donors (Lipinski definition) is 1. The van der Waals surface area contributed by atoms with Gasteiger partial charge >= 0.3 is 0 Å². The summed E-state index contributed by atoms with van der Waals surface area (Å²) in [5, 5.41) is 4.94. The van der Waals surface area contributed by atoms with E-state index in [1.165, 1.54) is 23.5 Å². The highest BCUT2D eigenvalue weighted by Gasteiger charge is 2.36. The van der Waals surface area contributed by atoms with Gasteiger partial charge in [0.05, 0.1) is 11.3 Å². The Balaban J connectivity index is 1.34. The van der Waals surface area contributed by atoms with Crippen LogP contribution >= 0.6 is 11.3 Å². The van der Waals surface area contributed by atoms with Crippen LogP contribution in [0.2, 0.25) is 0 Å². The molecule has 0 bridgehead atoms. The predicted octanol–water partition coefficient (Wildman–Crippen LogP) is 4.50. The van der Waals surface area contributed by atoms with Crippen LogP contribution in [0.3, 0.4) is 0 Å². The fourth-order valence-corrected chi connectivity index (χ4v) is 4.33. The molecule has 7 heteroatoms. The topological polar surface area (TPSA) is 62.3 Å². The number of aromatic nitrogens is 1. The van der Waals surface area contributed by atoms with E-state index in [9.17, 15) is 14.0 Å². The number of halogens is 1. The monoisotopic (exact) mass is 407 g/mol. The van der Waals surface area contributed by atoms with Crippen molar-refractivity contribution in [3.05, 3.63) is 64.8 Å². The number of nitrogens with zero attached hydrogens (tertiary/aromatic N) is 2. The summed E-state index contributed by atoms with van der Waals surface area (Å²) in [4.78, 5) is 31.1. The van der Waals surface area contributed by atoms with E-state index >= 15 is 0 Å². The van der Waals surface area contributed by atoms with Crippen LogP contribution in [0.15, 0.2) is 47.8 Å². The number of carbonyl (C=O) groups is 2. The molecule has 2 aliphatic rings. The van der Waals surface area contributed by atoms with Gasteiger partial charge in [-0.25, -0.2) is 9.37 Å². The first-order chi connectivity index (χ1) is 14.1. The molecule has 0 spiro atoms. The van der Waals surface area contributed by atoms with Crippen LogP contribution in [0.5, 0.6) is 0 Å². The molecule has 0 saturated heterocycles. The van der Waals surface area contributed by atoms with Gasteiger partial charge in [-0.2, -0.15) is 0 Å². The number of thiazole rings is 1. The number of fused-ring (bicyclic) bond motifs is 1. The zero-order chi connectivity index (χ0) is 20.0. The van der Waals surface area contributed by atoms with Gasteiger partial charge in [0.1, 0.15) is 5.82 Å². The SMILES string of the molecule is O=C(Nc1nc(-c2ccc3c(c2)CCN3C(=O)C2CC2)cs1)c1ccccc1F. The molecule has 5 rings (SSSR count). The van der Waals surface area contributed by atoms with Crippen molar-refractivity contribution in [2.75, 3.05) is 16.8 Å². The Bertz CT molecular complexity index is 1120. The fourth-order valence-electron chi connectivity index (χ4n) is 3.61. The zero-order valence-corrected chi connectivity index (χ0v) is 16.3. The van der Waals surface area contributed by atoms with E-state index in [1.807, 2.05) is 22.4 Å². The second-order valence-electron chi connectivity index (χ2n) is 7.33. The smallest absolute Gasteiger partial charge is 0.260 e. The van der Waals surface area contributed by atoms with Crippen molar-refractivity contribution in [1.82, 2.24) is 4.98 Å². The molecule has 29 heavy (non-hydrogen) atoms. The standard InChI is InChI=1S/C22H18FN3O2S/c23-17-4-2-1-3-16(17)20(27)25-22-24-18(12-29-22)14-7-8-19-15(11-14)9-10-26(19)21(28)13-5-6-13/h1-4,7-8,11-13H,5-6,9-10H2,(H,24,25,27). The summed E-state index contributed by atoms with van der Waals surface area (Å²) in [6, 6.07) is 11.9. The Morgan fingerprint density at radius 1 is 1.17 bits per heavy atom. The molecular weight excluding hydrogens is 389 g/mol. The lowest BCUT2D eigenvalue weighted by molar-refractivity contribution is -0.119. The first kappa shape index (κ1) is 18.0. The highest BCUT2D eigenvalue weighted by Crippen LogP contribution is 2.38. The van der Waals surface area contributed by atoms with Crippen molar-refractivity contribution in [2.45, 2.75) is 19.3 Å². The Hall–Kier alpha value is -3.06. The Labute approximate surface area is 171 Å². The van der Waals surface area contributed by atoms with Crippen LogP contribution in [0.1, 0.15) is 28.8 Å². The van der Waals surface area contributed by atoms with Gasteiger partial charge in [0.15, 0.2) is 5.13 Å². The van der Waals surface area contributed by atoms with Crippen molar-refractivity contribution in [3.8, 4) is 11.3 Å². The summed E-state index contributed by atoms with van der Waals surface area (Å²) >= 11 is 1.29. The number of rotatable bonds is 4. The summed E-state index contributed by atoms with van der Waals surface area (Å²) in [5.74, 6) is -0.638. The van der Waals surface area contributed by atoms with Crippen LogP contribution < -0.4 is 10.2 Å². The third kappa shape index (κ3) is 3.42. The molecule has 5 nitrogen and oxygen atoms in total. The van der Waals surface area contributed by atoms with E-state index in [0.29, 0.717) is 5.13 Å². The van der Waals surface area contributed by atoms with E-state index in [4.69, 9.17) is 0 Å². The van der Waals surface area contributed by atoms with Crippen LogP contribution in [0, 0.1) is 11.7 Å². The Kier molecular flexibility index (Phi) is 4.39. The quantitative estimate of drug-likeness (QED) is 0.693. The summed E-state index contributed by atoms with van der Waals surface area (Å²) in [6.07, 6.45) is 2.84. The highest BCUT2D eigenvalue weighted by atomic mass is 32.1. The molecular formula is C22H18FN3O2S. The molecule has 1 N–H and O–H groups in total. The average molecular weight is 407 g/mol. The molecule has 1 aromatic heterocycles. The fraction of sp³-hybridized carbons (Fsp3) is 0.227. The van der Waals surface area contributed by atoms with E-state index in [2.05, 4.69) is 16.4 Å². The molecule has 1 saturated carbocycles. The molecule has 146 valence electrons. The minimum Gasteiger partial charge on any atom is -0.312 e. The lowest BCUT2D eigenvalue weighted by atomic mass is 10.1. The van der Waals surface area contributed by atoms with E-state index < -0.39 is 11.7 Å². The summed E-state index contributed by atoms with van der Waals surface area (Å²) in [6.45, 7) is 0.731.